The highest BCUT2D eigenvalue weighted by atomic mass is 79.9. The molecular formula is C13H16BrF3N2O2. The maximum Gasteiger partial charge on any atom is 0.573 e. The predicted octanol–water partition coefficient (Wildman–Crippen LogP) is 2.96. The number of alkyl halides is 3. The highest BCUT2D eigenvalue weighted by Crippen LogP contribution is 2.30. The van der Waals surface area contributed by atoms with Gasteiger partial charge in [0, 0.05) is 12.6 Å². The fraction of sp³-hybridized carbons (Fsp3) is 0.462. The first-order chi connectivity index (χ1) is 9.67. The van der Waals surface area contributed by atoms with Crippen molar-refractivity contribution in [1.29, 1.82) is 0 Å². The number of halogens is 4. The summed E-state index contributed by atoms with van der Waals surface area (Å²) >= 11 is 3.02. The summed E-state index contributed by atoms with van der Waals surface area (Å²) in [5.74, 6) is -0.440. The van der Waals surface area contributed by atoms with Crippen LogP contribution in [-0.2, 0) is 11.3 Å². The van der Waals surface area contributed by atoms with E-state index < -0.39 is 6.36 Å². The molecule has 0 atom stereocenters. The third kappa shape index (κ3) is 7.33. The van der Waals surface area contributed by atoms with Crippen molar-refractivity contribution in [2.45, 2.75) is 32.8 Å². The van der Waals surface area contributed by atoms with Crippen LogP contribution < -0.4 is 15.4 Å². The van der Waals surface area contributed by atoms with Crippen LogP contribution in [0.1, 0.15) is 19.4 Å². The summed E-state index contributed by atoms with van der Waals surface area (Å²) in [6.07, 6.45) is -4.72. The SMILES string of the molecule is CC(C)NC(=O)CNCc1ccc(OC(F)(F)F)c(Br)c1. The molecule has 0 fully saturated rings. The van der Waals surface area contributed by atoms with Crippen molar-refractivity contribution in [2.24, 2.45) is 0 Å². The molecule has 0 aromatic heterocycles. The molecule has 1 aromatic rings. The van der Waals surface area contributed by atoms with Crippen LogP contribution in [0, 0.1) is 0 Å². The molecule has 0 aliphatic heterocycles. The second-order valence-electron chi connectivity index (χ2n) is 4.64. The fourth-order valence-corrected chi connectivity index (χ4v) is 2.06. The first kappa shape index (κ1) is 17.8. The van der Waals surface area contributed by atoms with Crippen LogP contribution in [0.25, 0.3) is 0 Å². The summed E-state index contributed by atoms with van der Waals surface area (Å²) in [5, 5.41) is 5.63. The number of hydrogen-bond acceptors (Lipinski definition) is 3. The van der Waals surface area contributed by atoms with Crippen LogP contribution in [0.5, 0.6) is 5.75 Å². The molecule has 0 spiro atoms. The normalized spacial score (nSPS) is 11.6. The number of ether oxygens (including phenoxy) is 1. The lowest BCUT2D eigenvalue weighted by molar-refractivity contribution is -0.274. The van der Waals surface area contributed by atoms with Gasteiger partial charge in [-0.15, -0.1) is 13.2 Å². The standard InChI is InChI=1S/C13H16BrF3N2O2/c1-8(2)19-12(20)7-18-6-9-3-4-11(10(14)5-9)21-13(15,16)17/h3-5,8,18H,6-7H2,1-2H3,(H,19,20). The van der Waals surface area contributed by atoms with Crippen molar-refractivity contribution in [1.82, 2.24) is 10.6 Å². The van der Waals surface area contributed by atoms with Crippen LogP contribution >= 0.6 is 15.9 Å². The molecule has 0 saturated heterocycles. The number of carbonyl (C=O) groups excluding carboxylic acids is 1. The molecule has 118 valence electrons. The van der Waals surface area contributed by atoms with E-state index in [2.05, 4.69) is 31.3 Å². The molecule has 1 amide bonds. The van der Waals surface area contributed by atoms with Crippen molar-refractivity contribution >= 4 is 21.8 Å². The Kier molecular flexibility index (Phi) is 6.47. The number of amides is 1. The number of rotatable bonds is 6. The molecule has 8 heteroatoms. The Bertz CT molecular complexity index is 493. The maximum absolute atomic E-state index is 12.1. The molecule has 4 nitrogen and oxygen atoms in total. The average Bonchev–Trinajstić information content (AvgIpc) is 2.30. The molecule has 2 N–H and O–H groups in total. The van der Waals surface area contributed by atoms with E-state index in [1.54, 1.807) is 0 Å². The van der Waals surface area contributed by atoms with Gasteiger partial charge in [0.15, 0.2) is 0 Å². The molecule has 0 aliphatic carbocycles. The summed E-state index contributed by atoms with van der Waals surface area (Å²) in [4.78, 5) is 11.4. The molecule has 21 heavy (non-hydrogen) atoms. The molecule has 0 saturated carbocycles. The topological polar surface area (TPSA) is 50.4 Å². The van der Waals surface area contributed by atoms with Gasteiger partial charge in [-0.2, -0.15) is 0 Å². The Morgan fingerprint density at radius 2 is 2.05 bits per heavy atom. The number of hydrogen-bond donors (Lipinski definition) is 2. The third-order valence-electron chi connectivity index (χ3n) is 2.29. The van der Waals surface area contributed by atoms with Gasteiger partial charge in [0.2, 0.25) is 5.91 Å². The smallest absolute Gasteiger partial charge is 0.405 e. The fourth-order valence-electron chi connectivity index (χ4n) is 1.56. The first-order valence-electron chi connectivity index (χ1n) is 6.21. The van der Waals surface area contributed by atoms with E-state index in [9.17, 15) is 18.0 Å². The molecule has 0 radical (unpaired) electrons. The second kappa shape index (κ2) is 7.65. The highest BCUT2D eigenvalue weighted by Gasteiger charge is 2.31. The van der Waals surface area contributed by atoms with Crippen molar-refractivity contribution in [3.63, 3.8) is 0 Å². The second-order valence-corrected chi connectivity index (χ2v) is 5.49. The van der Waals surface area contributed by atoms with Gasteiger partial charge in [-0.1, -0.05) is 6.07 Å². The van der Waals surface area contributed by atoms with Gasteiger partial charge in [-0.3, -0.25) is 4.79 Å². The molecule has 0 bridgehead atoms. The average molecular weight is 369 g/mol. The van der Waals surface area contributed by atoms with Gasteiger partial charge in [0.1, 0.15) is 5.75 Å². The Hall–Kier alpha value is -1.28. The van der Waals surface area contributed by atoms with E-state index in [1.807, 2.05) is 13.8 Å². The van der Waals surface area contributed by atoms with Crippen molar-refractivity contribution in [3.05, 3.63) is 28.2 Å². The summed E-state index contributed by atoms with van der Waals surface area (Å²) in [7, 11) is 0. The van der Waals surface area contributed by atoms with E-state index in [1.165, 1.54) is 18.2 Å². The Labute approximate surface area is 129 Å². The van der Waals surface area contributed by atoms with Gasteiger partial charge >= 0.3 is 6.36 Å². The molecule has 0 aliphatic rings. The van der Waals surface area contributed by atoms with E-state index >= 15 is 0 Å². The minimum atomic E-state index is -4.72. The van der Waals surface area contributed by atoms with Crippen molar-refractivity contribution in [3.8, 4) is 5.75 Å². The molecular weight excluding hydrogens is 353 g/mol. The van der Waals surface area contributed by atoms with Gasteiger partial charge < -0.3 is 15.4 Å². The number of nitrogens with one attached hydrogen (secondary N) is 2. The third-order valence-corrected chi connectivity index (χ3v) is 2.91. The highest BCUT2D eigenvalue weighted by molar-refractivity contribution is 9.10. The summed E-state index contributed by atoms with van der Waals surface area (Å²) in [6.45, 7) is 4.20. The summed E-state index contributed by atoms with van der Waals surface area (Å²) in [5.41, 5.74) is 0.730. The maximum atomic E-state index is 12.1. The summed E-state index contributed by atoms with van der Waals surface area (Å²) < 4.78 is 40.4. The van der Waals surface area contributed by atoms with E-state index in [4.69, 9.17) is 0 Å². The van der Waals surface area contributed by atoms with E-state index in [-0.39, 0.29) is 28.7 Å². The largest absolute Gasteiger partial charge is 0.573 e. The lowest BCUT2D eigenvalue weighted by atomic mass is 10.2. The van der Waals surface area contributed by atoms with Gasteiger partial charge in [-0.25, -0.2) is 0 Å². The van der Waals surface area contributed by atoms with E-state index in [0.29, 0.717) is 6.54 Å². The zero-order valence-electron chi connectivity index (χ0n) is 11.6. The van der Waals surface area contributed by atoms with Gasteiger partial charge in [-0.05, 0) is 47.5 Å². The van der Waals surface area contributed by atoms with Crippen LogP contribution in [0.2, 0.25) is 0 Å². The van der Waals surface area contributed by atoms with Crippen LogP contribution in [-0.4, -0.2) is 24.9 Å². The summed E-state index contributed by atoms with van der Waals surface area (Å²) in [6, 6.07) is 4.29. The quantitative estimate of drug-likeness (QED) is 0.811. The Balaban J connectivity index is 2.51. The van der Waals surface area contributed by atoms with Gasteiger partial charge in [0.05, 0.1) is 11.0 Å². The van der Waals surface area contributed by atoms with Crippen LogP contribution in [0.15, 0.2) is 22.7 Å². The minimum Gasteiger partial charge on any atom is -0.405 e. The first-order valence-corrected chi connectivity index (χ1v) is 7.01. The molecule has 1 aromatic carbocycles. The van der Waals surface area contributed by atoms with Crippen LogP contribution in [0.3, 0.4) is 0 Å². The Morgan fingerprint density at radius 1 is 1.38 bits per heavy atom. The minimum absolute atomic E-state index is 0.0623. The van der Waals surface area contributed by atoms with Crippen molar-refractivity contribution < 1.29 is 22.7 Å². The monoisotopic (exact) mass is 368 g/mol. The van der Waals surface area contributed by atoms with E-state index in [0.717, 1.165) is 5.56 Å². The van der Waals surface area contributed by atoms with Gasteiger partial charge in [0.25, 0.3) is 0 Å². The molecule has 0 unspecified atom stereocenters. The Morgan fingerprint density at radius 3 is 2.57 bits per heavy atom. The molecule has 1 rings (SSSR count). The predicted molar refractivity (Wildman–Crippen MR) is 75.8 cm³/mol. The van der Waals surface area contributed by atoms with Crippen molar-refractivity contribution in [2.75, 3.05) is 6.54 Å². The lowest BCUT2D eigenvalue weighted by Crippen LogP contribution is -2.37. The molecule has 0 heterocycles. The number of carbonyl (C=O) groups is 1. The lowest BCUT2D eigenvalue weighted by Gasteiger charge is -2.12. The number of benzene rings is 1. The zero-order chi connectivity index (χ0) is 16.0. The zero-order valence-corrected chi connectivity index (χ0v) is 13.1. The van der Waals surface area contributed by atoms with Crippen LogP contribution in [0.4, 0.5) is 13.2 Å².